The van der Waals surface area contributed by atoms with Gasteiger partial charge >= 0.3 is 0 Å². The van der Waals surface area contributed by atoms with Crippen LogP contribution in [0.2, 0.25) is 0 Å². The molecule has 0 aromatic carbocycles. The van der Waals surface area contributed by atoms with E-state index in [4.69, 9.17) is 4.74 Å². The van der Waals surface area contributed by atoms with Gasteiger partial charge in [0.1, 0.15) is 6.61 Å². The summed E-state index contributed by atoms with van der Waals surface area (Å²) in [4.78, 5) is 0. The van der Waals surface area contributed by atoms with Crippen LogP contribution in [0.3, 0.4) is 0 Å². The van der Waals surface area contributed by atoms with Crippen molar-refractivity contribution >= 4 is 0 Å². The summed E-state index contributed by atoms with van der Waals surface area (Å²) < 4.78 is 4.82. The third-order valence-corrected chi connectivity index (χ3v) is 0.780. The molecule has 0 N–H and O–H groups in total. The molecular weight excluding hydrogens is 112 g/mol. The Morgan fingerprint density at radius 3 is 2.56 bits per heavy atom. The largest absolute Gasteiger partial charge is 0.498 e. The monoisotopic (exact) mass is 124 g/mol. The van der Waals surface area contributed by atoms with Crippen molar-refractivity contribution in [2.45, 2.75) is 6.42 Å². The molecule has 0 fully saturated rings. The van der Waals surface area contributed by atoms with Gasteiger partial charge in [-0.1, -0.05) is 24.8 Å². The van der Waals surface area contributed by atoms with Crippen molar-refractivity contribution in [3.63, 3.8) is 0 Å². The van der Waals surface area contributed by atoms with Gasteiger partial charge in [0, 0.05) is 0 Å². The zero-order chi connectivity index (χ0) is 6.95. The van der Waals surface area contributed by atoms with Crippen LogP contribution in [0.4, 0.5) is 0 Å². The second-order valence-electron chi connectivity index (χ2n) is 1.50. The van der Waals surface area contributed by atoms with E-state index in [1.165, 1.54) is 6.26 Å². The van der Waals surface area contributed by atoms with Gasteiger partial charge < -0.3 is 4.74 Å². The average molecular weight is 124 g/mol. The summed E-state index contributed by atoms with van der Waals surface area (Å²) in [7, 11) is 0. The van der Waals surface area contributed by atoms with E-state index in [0.717, 1.165) is 6.42 Å². The fraction of sp³-hybridized carbons (Fsp3) is 0.250. The standard InChI is InChI=1S/C8H12O/c1-3-5-6-7-8-9-4-2/h3-4,6-7H,1-2,5,8H2. The maximum absolute atomic E-state index is 4.82. The van der Waals surface area contributed by atoms with E-state index in [-0.39, 0.29) is 0 Å². The van der Waals surface area contributed by atoms with Crippen LogP contribution in [-0.4, -0.2) is 6.61 Å². The van der Waals surface area contributed by atoms with Crippen molar-refractivity contribution in [3.05, 3.63) is 37.6 Å². The summed E-state index contributed by atoms with van der Waals surface area (Å²) in [6.07, 6.45) is 8.10. The minimum Gasteiger partial charge on any atom is -0.498 e. The molecule has 0 atom stereocenters. The maximum atomic E-state index is 4.82. The third kappa shape index (κ3) is 7.02. The number of ether oxygens (including phenoxy) is 1. The van der Waals surface area contributed by atoms with Crippen LogP contribution in [0.15, 0.2) is 37.6 Å². The number of rotatable bonds is 5. The highest BCUT2D eigenvalue weighted by molar-refractivity contribution is 4.88. The summed E-state index contributed by atoms with van der Waals surface area (Å²) in [6, 6.07) is 0. The van der Waals surface area contributed by atoms with Crippen LogP contribution >= 0.6 is 0 Å². The van der Waals surface area contributed by atoms with Crippen LogP contribution in [0.5, 0.6) is 0 Å². The molecule has 0 aliphatic rings. The molecule has 0 spiro atoms. The topological polar surface area (TPSA) is 9.23 Å². The predicted molar refractivity (Wildman–Crippen MR) is 40.1 cm³/mol. The molecule has 0 bridgehead atoms. The van der Waals surface area contributed by atoms with Gasteiger partial charge in [-0.05, 0) is 6.42 Å². The zero-order valence-electron chi connectivity index (χ0n) is 5.55. The second kappa shape index (κ2) is 7.02. The lowest BCUT2D eigenvalue weighted by molar-refractivity contribution is 0.291. The van der Waals surface area contributed by atoms with Crippen molar-refractivity contribution in [2.24, 2.45) is 0 Å². The first-order chi connectivity index (χ1) is 4.41. The van der Waals surface area contributed by atoms with E-state index in [1.54, 1.807) is 0 Å². The highest BCUT2D eigenvalue weighted by atomic mass is 16.5. The Kier molecular flexibility index (Phi) is 6.26. The van der Waals surface area contributed by atoms with Crippen LogP contribution < -0.4 is 0 Å². The summed E-state index contributed by atoms with van der Waals surface area (Å²) in [5, 5.41) is 0. The molecule has 50 valence electrons. The van der Waals surface area contributed by atoms with E-state index < -0.39 is 0 Å². The first-order valence-corrected chi connectivity index (χ1v) is 2.90. The zero-order valence-corrected chi connectivity index (χ0v) is 5.55. The smallest absolute Gasteiger partial charge is 0.105 e. The van der Waals surface area contributed by atoms with Gasteiger partial charge in [0.15, 0.2) is 0 Å². The third-order valence-electron chi connectivity index (χ3n) is 0.780. The molecule has 0 saturated carbocycles. The fourth-order valence-electron chi connectivity index (χ4n) is 0.384. The number of hydrogen-bond donors (Lipinski definition) is 0. The fourth-order valence-corrected chi connectivity index (χ4v) is 0.384. The summed E-state index contributed by atoms with van der Waals surface area (Å²) >= 11 is 0. The lowest BCUT2D eigenvalue weighted by atomic mass is 10.4. The Balaban J connectivity index is 3.03. The molecule has 0 heterocycles. The Labute approximate surface area is 56.3 Å². The van der Waals surface area contributed by atoms with Crippen LogP contribution in [0, 0.1) is 0 Å². The first-order valence-electron chi connectivity index (χ1n) is 2.90. The summed E-state index contributed by atoms with van der Waals surface area (Å²) in [5.74, 6) is 0. The highest BCUT2D eigenvalue weighted by Gasteiger charge is 1.70. The first kappa shape index (κ1) is 8.02. The van der Waals surface area contributed by atoms with Gasteiger partial charge in [-0.2, -0.15) is 0 Å². The van der Waals surface area contributed by atoms with Crippen LogP contribution in [0.1, 0.15) is 6.42 Å². The molecule has 0 aromatic rings. The summed E-state index contributed by atoms with van der Waals surface area (Å²) in [6.45, 7) is 7.58. The van der Waals surface area contributed by atoms with Crippen molar-refractivity contribution < 1.29 is 4.74 Å². The highest BCUT2D eigenvalue weighted by Crippen LogP contribution is 1.83. The molecule has 0 unspecified atom stereocenters. The van der Waals surface area contributed by atoms with E-state index >= 15 is 0 Å². The van der Waals surface area contributed by atoms with Crippen molar-refractivity contribution in [1.29, 1.82) is 0 Å². The molecule has 0 aromatic heterocycles. The second-order valence-corrected chi connectivity index (χ2v) is 1.50. The molecule has 1 nitrogen and oxygen atoms in total. The molecule has 1 heteroatoms. The van der Waals surface area contributed by atoms with Gasteiger partial charge in [-0.3, -0.25) is 0 Å². The quantitative estimate of drug-likeness (QED) is 0.310. The predicted octanol–water partition coefficient (Wildman–Crippen LogP) is 2.28. The van der Waals surface area contributed by atoms with Crippen molar-refractivity contribution in [3.8, 4) is 0 Å². The molecule has 0 amide bonds. The van der Waals surface area contributed by atoms with Gasteiger partial charge in [0.25, 0.3) is 0 Å². The number of allylic oxidation sites excluding steroid dienone is 2. The van der Waals surface area contributed by atoms with Crippen molar-refractivity contribution in [2.75, 3.05) is 6.61 Å². The Bertz CT molecular complexity index is 103. The summed E-state index contributed by atoms with van der Waals surface area (Å²) in [5.41, 5.74) is 0. The van der Waals surface area contributed by atoms with E-state index in [0.29, 0.717) is 6.61 Å². The van der Waals surface area contributed by atoms with Gasteiger partial charge in [0.2, 0.25) is 0 Å². The van der Waals surface area contributed by atoms with Crippen LogP contribution in [-0.2, 0) is 4.74 Å². The maximum Gasteiger partial charge on any atom is 0.105 e. The molecule has 0 saturated heterocycles. The van der Waals surface area contributed by atoms with Gasteiger partial charge in [-0.25, -0.2) is 0 Å². The SMILES string of the molecule is C=CCC=CCOC=C. The number of hydrogen-bond acceptors (Lipinski definition) is 1. The molecule has 0 radical (unpaired) electrons. The van der Waals surface area contributed by atoms with Gasteiger partial charge in [0.05, 0.1) is 6.26 Å². The van der Waals surface area contributed by atoms with E-state index in [9.17, 15) is 0 Å². The minimum absolute atomic E-state index is 0.608. The van der Waals surface area contributed by atoms with E-state index in [2.05, 4.69) is 13.2 Å². The van der Waals surface area contributed by atoms with Gasteiger partial charge in [-0.15, -0.1) is 6.58 Å². The molecular formula is C8H12O. The molecule has 0 rings (SSSR count). The minimum atomic E-state index is 0.608. The normalized spacial score (nSPS) is 9.33. The Hall–Kier alpha value is -0.980. The molecule has 9 heavy (non-hydrogen) atoms. The lowest BCUT2D eigenvalue weighted by Gasteiger charge is -1.89. The van der Waals surface area contributed by atoms with Crippen molar-refractivity contribution in [1.82, 2.24) is 0 Å². The van der Waals surface area contributed by atoms with Crippen LogP contribution in [0.25, 0.3) is 0 Å². The Morgan fingerprint density at radius 1 is 1.22 bits per heavy atom. The Morgan fingerprint density at radius 2 is 2.00 bits per heavy atom. The molecule has 0 aliphatic heterocycles. The average Bonchev–Trinajstić information content (AvgIpc) is 1.89. The lowest BCUT2D eigenvalue weighted by Crippen LogP contribution is -1.77. The molecule has 0 aliphatic carbocycles. The van der Waals surface area contributed by atoms with E-state index in [1.807, 2.05) is 18.2 Å².